The number of nitrogens with two attached hydrogens (primary N) is 1. The summed E-state index contributed by atoms with van der Waals surface area (Å²) in [7, 11) is 0. The maximum atomic E-state index is 14.9. The molecule has 35 heavy (non-hydrogen) atoms. The van der Waals surface area contributed by atoms with Crippen molar-refractivity contribution in [2.75, 3.05) is 6.61 Å². The molecule has 4 aromatic rings. The van der Waals surface area contributed by atoms with Crippen LogP contribution in [0.25, 0.3) is 22.4 Å². The first-order valence-corrected chi connectivity index (χ1v) is 10.7. The first-order valence-electron chi connectivity index (χ1n) is 10.7. The van der Waals surface area contributed by atoms with Gasteiger partial charge in [0.2, 0.25) is 0 Å². The SMILES string of the molecule is C[C@](N)(CO)c1ncc(-c2cc(F)c(OCc3ccc(-c4ccccc4)cc3)c(C(F)(F)F)c2)[nH]1. The van der Waals surface area contributed by atoms with E-state index in [1.807, 2.05) is 42.5 Å². The van der Waals surface area contributed by atoms with Crippen molar-refractivity contribution in [3.63, 3.8) is 0 Å². The van der Waals surface area contributed by atoms with Crippen LogP contribution in [0.5, 0.6) is 5.75 Å². The van der Waals surface area contributed by atoms with Crippen LogP contribution in [0.15, 0.2) is 72.9 Å². The van der Waals surface area contributed by atoms with E-state index in [1.165, 1.54) is 13.1 Å². The minimum Gasteiger partial charge on any atom is -0.485 e. The van der Waals surface area contributed by atoms with Gasteiger partial charge in [0.05, 0.1) is 24.0 Å². The van der Waals surface area contributed by atoms with Crippen molar-refractivity contribution < 1.29 is 27.4 Å². The molecule has 9 heteroatoms. The Morgan fingerprint density at radius 3 is 2.26 bits per heavy atom. The number of H-pyrrole nitrogens is 1. The average Bonchev–Trinajstić information content (AvgIpc) is 3.35. The third kappa shape index (κ3) is 5.36. The maximum Gasteiger partial charge on any atom is 0.420 e. The number of rotatable bonds is 7. The van der Waals surface area contributed by atoms with Gasteiger partial charge in [-0.2, -0.15) is 13.2 Å². The predicted molar refractivity (Wildman–Crippen MR) is 124 cm³/mol. The fourth-order valence-corrected chi connectivity index (χ4v) is 3.52. The number of alkyl halides is 3. The Kier molecular flexibility index (Phi) is 6.64. The highest BCUT2D eigenvalue weighted by atomic mass is 19.4. The molecule has 1 aromatic heterocycles. The summed E-state index contributed by atoms with van der Waals surface area (Å²) in [6.07, 6.45) is -3.63. The van der Waals surface area contributed by atoms with Crippen LogP contribution >= 0.6 is 0 Å². The van der Waals surface area contributed by atoms with E-state index in [9.17, 15) is 22.7 Å². The molecule has 4 rings (SSSR count). The number of hydrogen-bond acceptors (Lipinski definition) is 4. The summed E-state index contributed by atoms with van der Waals surface area (Å²) in [6.45, 7) is 0.812. The first-order chi connectivity index (χ1) is 16.6. The molecule has 1 atom stereocenters. The van der Waals surface area contributed by atoms with Crippen LogP contribution in [-0.4, -0.2) is 21.7 Å². The number of benzene rings is 3. The normalized spacial score (nSPS) is 13.5. The van der Waals surface area contributed by atoms with E-state index in [4.69, 9.17) is 10.5 Å². The number of aromatic nitrogens is 2. The summed E-state index contributed by atoms with van der Waals surface area (Å²) >= 11 is 0. The zero-order chi connectivity index (χ0) is 25.2. The van der Waals surface area contributed by atoms with Crippen LogP contribution in [0.1, 0.15) is 23.9 Å². The van der Waals surface area contributed by atoms with Gasteiger partial charge >= 0.3 is 6.18 Å². The smallest absolute Gasteiger partial charge is 0.420 e. The molecule has 0 saturated carbocycles. The second-order valence-electron chi connectivity index (χ2n) is 8.41. The number of aliphatic hydroxyl groups is 1. The van der Waals surface area contributed by atoms with Crippen LogP contribution in [-0.2, 0) is 18.3 Å². The monoisotopic (exact) mass is 485 g/mol. The number of halogens is 4. The summed E-state index contributed by atoms with van der Waals surface area (Å²) in [5, 5.41) is 9.37. The predicted octanol–water partition coefficient (Wildman–Crippen LogP) is 5.65. The lowest BCUT2D eigenvalue weighted by molar-refractivity contribution is -0.139. The molecule has 0 spiro atoms. The van der Waals surface area contributed by atoms with E-state index in [0.717, 1.165) is 23.3 Å². The second kappa shape index (κ2) is 9.52. The molecule has 0 aliphatic carbocycles. The van der Waals surface area contributed by atoms with E-state index in [1.54, 1.807) is 12.1 Å². The Bertz CT molecular complexity index is 1300. The zero-order valence-corrected chi connectivity index (χ0v) is 18.7. The van der Waals surface area contributed by atoms with Gasteiger partial charge in [-0.25, -0.2) is 9.37 Å². The Morgan fingerprint density at radius 2 is 1.63 bits per heavy atom. The highest BCUT2D eigenvalue weighted by Crippen LogP contribution is 2.41. The molecule has 0 bridgehead atoms. The largest absolute Gasteiger partial charge is 0.485 e. The summed E-state index contributed by atoms with van der Waals surface area (Å²) in [5.41, 5.74) is 5.99. The number of aromatic amines is 1. The van der Waals surface area contributed by atoms with Crippen LogP contribution in [0.3, 0.4) is 0 Å². The number of aliphatic hydroxyl groups excluding tert-OH is 1. The standard InChI is InChI=1S/C26H23F4N3O2/c1-25(31,15-34)24-32-13-22(33-24)19-11-20(26(28,29)30)23(21(27)12-19)35-14-16-7-9-18(10-8-16)17-5-3-2-4-6-17/h2-13,34H,14-15,31H2,1H3,(H,32,33)/t25-/m0/s1. The lowest BCUT2D eigenvalue weighted by Crippen LogP contribution is -2.38. The van der Waals surface area contributed by atoms with Gasteiger partial charge in [-0.05, 0) is 35.7 Å². The molecule has 0 saturated heterocycles. The molecule has 0 radical (unpaired) electrons. The number of imidazole rings is 1. The molecule has 4 N–H and O–H groups in total. The van der Waals surface area contributed by atoms with E-state index in [0.29, 0.717) is 5.56 Å². The molecule has 1 heterocycles. The zero-order valence-electron chi connectivity index (χ0n) is 18.7. The molecule has 3 aromatic carbocycles. The van der Waals surface area contributed by atoms with Crippen molar-refractivity contribution in [2.45, 2.75) is 25.2 Å². The van der Waals surface area contributed by atoms with Gasteiger partial charge in [0.15, 0.2) is 11.6 Å². The van der Waals surface area contributed by atoms with Gasteiger partial charge in [0.25, 0.3) is 0 Å². The number of ether oxygens (including phenoxy) is 1. The minimum absolute atomic E-state index is 0.0816. The van der Waals surface area contributed by atoms with Crippen molar-refractivity contribution in [1.82, 2.24) is 9.97 Å². The van der Waals surface area contributed by atoms with Gasteiger partial charge in [-0.15, -0.1) is 0 Å². The van der Waals surface area contributed by atoms with Crippen LogP contribution in [0.4, 0.5) is 17.6 Å². The van der Waals surface area contributed by atoms with Crippen LogP contribution in [0.2, 0.25) is 0 Å². The van der Waals surface area contributed by atoms with Crippen molar-refractivity contribution in [3.8, 4) is 28.1 Å². The van der Waals surface area contributed by atoms with E-state index in [2.05, 4.69) is 9.97 Å². The van der Waals surface area contributed by atoms with Gasteiger partial charge in [0.1, 0.15) is 18.0 Å². The molecular formula is C26H23F4N3O2. The topological polar surface area (TPSA) is 84.2 Å². The second-order valence-corrected chi connectivity index (χ2v) is 8.41. The van der Waals surface area contributed by atoms with Gasteiger partial charge in [-0.3, -0.25) is 0 Å². The molecule has 5 nitrogen and oxygen atoms in total. The Labute approximate surface area is 199 Å². The molecule has 0 fully saturated rings. The molecule has 0 aliphatic heterocycles. The van der Waals surface area contributed by atoms with E-state index >= 15 is 0 Å². The third-order valence-electron chi connectivity index (χ3n) is 5.55. The quantitative estimate of drug-likeness (QED) is 0.296. The van der Waals surface area contributed by atoms with Crippen molar-refractivity contribution in [2.24, 2.45) is 5.73 Å². The van der Waals surface area contributed by atoms with Gasteiger partial charge < -0.3 is 20.6 Å². The fourth-order valence-electron chi connectivity index (χ4n) is 3.52. The Balaban J connectivity index is 1.60. The molecule has 0 unspecified atom stereocenters. The lowest BCUT2D eigenvalue weighted by Gasteiger charge is -2.18. The molecular weight excluding hydrogens is 462 g/mol. The Morgan fingerprint density at radius 1 is 0.971 bits per heavy atom. The number of nitrogens with zero attached hydrogens (tertiary/aromatic N) is 1. The summed E-state index contributed by atoms with van der Waals surface area (Å²) in [6, 6.07) is 18.4. The molecule has 0 aliphatic rings. The summed E-state index contributed by atoms with van der Waals surface area (Å²) in [5.74, 6) is -1.89. The highest BCUT2D eigenvalue weighted by molar-refractivity contribution is 5.64. The summed E-state index contributed by atoms with van der Waals surface area (Å²) < 4.78 is 61.7. The average molecular weight is 485 g/mol. The van der Waals surface area contributed by atoms with Gasteiger partial charge in [0, 0.05) is 5.56 Å². The van der Waals surface area contributed by atoms with E-state index < -0.39 is 35.5 Å². The van der Waals surface area contributed by atoms with Crippen molar-refractivity contribution in [3.05, 3.63) is 95.7 Å². The fraction of sp³-hybridized carbons (Fsp3) is 0.192. The minimum atomic E-state index is -4.86. The van der Waals surface area contributed by atoms with E-state index in [-0.39, 0.29) is 23.7 Å². The maximum absolute atomic E-state index is 14.9. The third-order valence-corrected chi connectivity index (χ3v) is 5.55. The van der Waals surface area contributed by atoms with Crippen molar-refractivity contribution >= 4 is 0 Å². The summed E-state index contributed by atoms with van der Waals surface area (Å²) in [4.78, 5) is 6.76. The van der Waals surface area contributed by atoms with Crippen molar-refractivity contribution in [1.29, 1.82) is 0 Å². The van der Waals surface area contributed by atoms with Crippen LogP contribution < -0.4 is 10.5 Å². The van der Waals surface area contributed by atoms with Gasteiger partial charge in [-0.1, -0.05) is 54.6 Å². The van der Waals surface area contributed by atoms with Crippen LogP contribution in [0, 0.1) is 5.82 Å². The molecule has 182 valence electrons. The lowest BCUT2D eigenvalue weighted by atomic mass is 10.0. The number of nitrogens with one attached hydrogen (secondary N) is 1. The highest BCUT2D eigenvalue weighted by Gasteiger charge is 2.37. The first kappa shape index (κ1) is 24.4. The number of hydrogen-bond donors (Lipinski definition) is 3. The molecule has 0 amide bonds. The Hall–Kier alpha value is -3.69.